The van der Waals surface area contributed by atoms with E-state index in [1.165, 1.54) is 0 Å². The third-order valence-corrected chi connectivity index (χ3v) is 9.39. The van der Waals surface area contributed by atoms with Gasteiger partial charge in [0.05, 0.1) is 50.3 Å². The van der Waals surface area contributed by atoms with Gasteiger partial charge in [-0.2, -0.15) is 0 Å². The summed E-state index contributed by atoms with van der Waals surface area (Å²) in [6.07, 6.45) is 0.371. The number of hydrogen-bond acceptors (Lipinski definition) is 8. The molecule has 4 rings (SSSR count). The van der Waals surface area contributed by atoms with E-state index < -0.39 is 0 Å². The van der Waals surface area contributed by atoms with Gasteiger partial charge < -0.3 is 18.9 Å². The lowest BCUT2D eigenvalue weighted by molar-refractivity contribution is -0.135. The highest BCUT2D eigenvalue weighted by molar-refractivity contribution is 4.90. The minimum absolute atomic E-state index is 0.0297. The van der Waals surface area contributed by atoms with E-state index in [0.717, 1.165) is 65.8 Å². The van der Waals surface area contributed by atoms with Crippen LogP contribution in [0.1, 0.15) is 125 Å². The fourth-order valence-electron chi connectivity index (χ4n) is 7.66. The van der Waals surface area contributed by atoms with Crippen LogP contribution in [0.5, 0.6) is 0 Å². The summed E-state index contributed by atoms with van der Waals surface area (Å²) in [5, 5.41) is 0. The lowest BCUT2D eigenvalue weighted by Gasteiger charge is -2.48. The minimum Gasteiger partial charge on any atom is -0.378 e. The van der Waals surface area contributed by atoms with Crippen molar-refractivity contribution in [3.8, 4) is 0 Å². The number of rotatable bonds is 4. The quantitative estimate of drug-likeness (QED) is 0.328. The second-order valence-electron chi connectivity index (χ2n) is 17.7. The SMILES string of the molecule is CC(C)N1C(C)COCC1(C)C.CC(C)N1CCOC(C)(C)C1.CC(C)N1CCOCC1(C)C.CC1CN(C(C)C)CC(C)(C)O1. The number of nitrogens with zero attached hydrogens (tertiary/aromatic N) is 4. The van der Waals surface area contributed by atoms with Gasteiger partial charge in [-0.25, -0.2) is 0 Å². The Hall–Kier alpha value is -0.320. The molecule has 2 unspecified atom stereocenters. The van der Waals surface area contributed by atoms with Crippen molar-refractivity contribution in [1.82, 2.24) is 19.6 Å². The van der Waals surface area contributed by atoms with Crippen LogP contribution in [0, 0.1) is 0 Å². The van der Waals surface area contributed by atoms with Crippen molar-refractivity contribution in [1.29, 1.82) is 0 Å². The predicted molar refractivity (Wildman–Crippen MR) is 196 cm³/mol. The molecule has 276 valence electrons. The Balaban J connectivity index is 0.000000307. The van der Waals surface area contributed by atoms with E-state index in [-0.39, 0.29) is 22.3 Å². The van der Waals surface area contributed by atoms with Gasteiger partial charge in [0.15, 0.2) is 0 Å². The maximum atomic E-state index is 5.81. The second kappa shape index (κ2) is 18.6. The summed E-state index contributed by atoms with van der Waals surface area (Å²) in [6, 6.07) is 3.08. The molecule has 0 amide bonds. The molecule has 8 nitrogen and oxygen atoms in total. The fraction of sp³-hybridized carbons (Fsp3) is 1.00. The molecule has 0 bridgehead atoms. The van der Waals surface area contributed by atoms with E-state index in [1.807, 2.05) is 0 Å². The number of ether oxygens (including phenoxy) is 4. The largest absolute Gasteiger partial charge is 0.378 e. The normalized spacial score (nSPS) is 28.6. The first-order chi connectivity index (χ1) is 20.9. The molecule has 0 aliphatic carbocycles. The highest BCUT2D eigenvalue weighted by atomic mass is 16.5. The van der Waals surface area contributed by atoms with Gasteiger partial charge in [0.25, 0.3) is 0 Å². The Labute approximate surface area is 287 Å². The molecule has 0 aromatic heterocycles. The smallest absolute Gasteiger partial charge is 0.0757 e. The minimum atomic E-state index is 0.0297. The highest BCUT2D eigenvalue weighted by Gasteiger charge is 2.36. The van der Waals surface area contributed by atoms with Crippen LogP contribution in [-0.4, -0.2) is 144 Å². The molecule has 4 aliphatic heterocycles. The van der Waals surface area contributed by atoms with Gasteiger partial charge in [0.2, 0.25) is 0 Å². The van der Waals surface area contributed by atoms with Crippen LogP contribution < -0.4 is 0 Å². The van der Waals surface area contributed by atoms with E-state index in [9.17, 15) is 0 Å². The summed E-state index contributed by atoms with van der Waals surface area (Å²) in [6.45, 7) is 49.7. The molecule has 2 atom stereocenters. The van der Waals surface area contributed by atoms with Crippen molar-refractivity contribution in [3.63, 3.8) is 0 Å². The maximum Gasteiger partial charge on any atom is 0.0757 e. The van der Waals surface area contributed by atoms with Crippen molar-refractivity contribution < 1.29 is 18.9 Å². The Kier molecular flexibility index (Phi) is 17.7. The molecule has 4 heterocycles. The lowest BCUT2D eigenvalue weighted by atomic mass is 9.97. The highest BCUT2D eigenvalue weighted by Crippen LogP contribution is 2.26. The zero-order valence-electron chi connectivity index (χ0n) is 34.0. The number of morpholine rings is 4. The van der Waals surface area contributed by atoms with E-state index in [4.69, 9.17) is 18.9 Å². The molecule has 4 saturated heterocycles. The Morgan fingerprint density at radius 2 is 1.13 bits per heavy atom. The molecule has 0 saturated carbocycles. The first-order valence-corrected chi connectivity index (χ1v) is 18.4. The molecule has 0 radical (unpaired) electrons. The van der Waals surface area contributed by atoms with Gasteiger partial charge in [-0.05, 0) is 125 Å². The zero-order valence-corrected chi connectivity index (χ0v) is 34.0. The molecular formula is C38H80N4O4. The van der Waals surface area contributed by atoms with E-state index in [0.29, 0.717) is 36.3 Å². The molecule has 4 aliphatic rings. The first kappa shape index (κ1) is 43.7. The van der Waals surface area contributed by atoms with Gasteiger partial charge in [-0.1, -0.05) is 0 Å². The Morgan fingerprint density at radius 3 is 1.50 bits per heavy atom. The van der Waals surface area contributed by atoms with Crippen molar-refractivity contribution in [3.05, 3.63) is 0 Å². The lowest BCUT2D eigenvalue weighted by Crippen LogP contribution is -2.59. The summed E-state index contributed by atoms with van der Waals surface area (Å²) in [5.41, 5.74) is 0.517. The second-order valence-corrected chi connectivity index (χ2v) is 17.7. The third kappa shape index (κ3) is 15.1. The molecule has 4 fully saturated rings. The van der Waals surface area contributed by atoms with E-state index in [2.05, 4.69) is 144 Å². The van der Waals surface area contributed by atoms with Gasteiger partial charge in [-0.3, -0.25) is 19.6 Å². The fourth-order valence-corrected chi connectivity index (χ4v) is 7.66. The van der Waals surface area contributed by atoms with Crippen LogP contribution in [0.4, 0.5) is 0 Å². The summed E-state index contributed by atoms with van der Waals surface area (Å²) in [5.74, 6) is 0. The molecule has 8 heteroatoms. The molecule has 0 aromatic carbocycles. The first-order valence-electron chi connectivity index (χ1n) is 18.4. The summed E-state index contributed by atoms with van der Waals surface area (Å²) in [4.78, 5) is 9.98. The molecule has 0 aromatic rings. The van der Waals surface area contributed by atoms with Crippen molar-refractivity contribution >= 4 is 0 Å². The predicted octanol–water partition coefficient (Wildman–Crippen LogP) is 6.80. The molecule has 46 heavy (non-hydrogen) atoms. The number of hydrogen-bond donors (Lipinski definition) is 0. The summed E-state index contributed by atoms with van der Waals surface area (Å²) >= 11 is 0. The van der Waals surface area contributed by atoms with Crippen LogP contribution in [0.2, 0.25) is 0 Å². The maximum absolute atomic E-state index is 5.81. The van der Waals surface area contributed by atoms with Crippen LogP contribution in [-0.2, 0) is 18.9 Å². The van der Waals surface area contributed by atoms with Crippen LogP contribution in [0.3, 0.4) is 0 Å². The van der Waals surface area contributed by atoms with Gasteiger partial charge in [0, 0.05) is 74.0 Å². The molecular weight excluding hydrogens is 576 g/mol. The van der Waals surface area contributed by atoms with Crippen molar-refractivity contribution in [2.75, 3.05) is 65.8 Å². The van der Waals surface area contributed by atoms with Crippen molar-refractivity contribution in [2.24, 2.45) is 0 Å². The van der Waals surface area contributed by atoms with Crippen LogP contribution in [0.25, 0.3) is 0 Å². The van der Waals surface area contributed by atoms with Crippen LogP contribution in [0.15, 0.2) is 0 Å². The summed E-state index contributed by atoms with van der Waals surface area (Å²) < 4.78 is 22.4. The zero-order chi connectivity index (χ0) is 35.7. The summed E-state index contributed by atoms with van der Waals surface area (Å²) in [7, 11) is 0. The topological polar surface area (TPSA) is 49.9 Å². The van der Waals surface area contributed by atoms with Gasteiger partial charge >= 0.3 is 0 Å². The van der Waals surface area contributed by atoms with Crippen LogP contribution >= 0.6 is 0 Å². The van der Waals surface area contributed by atoms with Crippen molar-refractivity contribution in [2.45, 2.75) is 183 Å². The Morgan fingerprint density at radius 1 is 0.587 bits per heavy atom. The monoisotopic (exact) mass is 657 g/mol. The molecule has 0 N–H and O–H groups in total. The average molecular weight is 657 g/mol. The average Bonchev–Trinajstić information content (AvgIpc) is 2.86. The van der Waals surface area contributed by atoms with E-state index in [1.54, 1.807) is 0 Å². The Bertz CT molecular complexity index is 843. The standard InChI is InChI=1S/2C10H21NO.2C9H19NO/c1-8(2)11-9(3)6-12-7-10(11,4)5;1-8(2)11-6-9(3)12-10(4,5)7-11;1-8(2)10-5-6-11-7-9(10,3)4;1-8(2)10-5-6-11-9(3,4)7-10/h2*8-9H,6-7H2,1-5H3;2*8H,5-7H2,1-4H3. The van der Waals surface area contributed by atoms with Gasteiger partial charge in [-0.15, -0.1) is 0 Å². The third-order valence-electron chi connectivity index (χ3n) is 9.39. The van der Waals surface area contributed by atoms with Gasteiger partial charge in [0.1, 0.15) is 0 Å². The van der Waals surface area contributed by atoms with E-state index >= 15 is 0 Å². The molecule has 0 spiro atoms.